The summed E-state index contributed by atoms with van der Waals surface area (Å²) in [6, 6.07) is 6.22. The van der Waals surface area contributed by atoms with Crippen molar-refractivity contribution >= 4 is 5.91 Å². The number of amides is 1. The molecule has 1 aliphatic rings. The molecule has 0 saturated carbocycles. The van der Waals surface area contributed by atoms with Crippen molar-refractivity contribution in [2.75, 3.05) is 0 Å². The number of carbonyl (C=O) groups excluding carboxylic acids is 1. The second-order valence-corrected chi connectivity index (χ2v) is 3.91. The summed E-state index contributed by atoms with van der Waals surface area (Å²) in [5.74, 6) is -0.232. The Kier molecular flexibility index (Phi) is 2.53. The number of carbonyl (C=O) groups is 1. The van der Waals surface area contributed by atoms with Crippen LogP contribution in [-0.2, 0) is 24.1 Å². The number of hydrogen-bond acceptors (Lipinski definition) is 1. The molecule has 2 rings (SSSR count). The van der Waals surface area contributed by atoms with E-state index in [9.17, 15) is 4.79 Å². The summed E-state index contributed by atoms with van der Waals surface area (Å²) in [6.45, 7) is 0. The predicted molar refractivity (Wildman–Crippen MR) is 56.0 cm³/mol. The Labute approximate surface area is 84.1 Å². The molecule has 0 aliphatic heterocycles. The molecule has 2 heteroatoms. The van der Waals surface area contributed by atoms with E-state index in [0.717, 1.165) is 18.4 Å². The van der Waals surface area contributed by atoms with Crippen molar-refractivity contribution in [1.29, 1.82) is 0 Å². The summed E-state index contributed by atoms with van der Waals surface area (Å²) >= 11 is 0. The molecule has 1 amide bonds. The Morgan fingerprint density at radius 2 is 2.07 bits per heavy atom. The lowest BCUT2D eigenvalue weighted by molar-refractivity contribution is -0.117. The van der Waals surface area contributed by atoms with Crippen LogP contribution in [0.4, 0.5) is 0 Å². The summed E-state index contributed by atoms with van der Waals surface area (Å²) < 4.78 is 0. The van der Waals surface area contributed by atoms with Crippen molar-refractivity contribution < 1.29 is 4.79 Å². The van der Waals surface area contributed by atoms with Gasteiger partial charge in [0.05, 0.1) is 6.42 Å². The van der Waals surface area contributed by atoms with Crippen molar-refractivity contribution in [1.82, 2.24) is 0 Å². The Morgan fingerprint density at radius 3 is 2.86 bits per heavy atom. The van der Waals surface area contributed by atoms with Crippen LogP contribution in [0.5, 0.6) is 0 Å². The van der Waals surface area contributed by atoms with Crippen molar-refractivity contribution in [3.63, 3.8) is 0 Å². The average Bonchev–Trinajstić information content (AvgIpc) is 2.18. The highest BCUT2D eigenvalue weighted by Crippen LogP contribution is 2.24. The summed E-state index contributed by atoms with van der Waals surface area (Å²) in [4.78, 5) is 10.9. The van der Waals surface area contributed by atoms with E-state index in [1.54, 1.807) is 0 Å². The fourth-order valence-electron chi connectivity index (χ4n) is 2.21. The largest absolute Gasteiger partial charge is 0.369 e. The third kappa shape index (κ3) is 1.79. The maximum absolute atomic E-state index is 10.9. The minimum atomic E-state index is -0.232. The Hall–Kier alpha value is -1.31. The molecule has 0 fully saturated rings. The molecule has 0 saturated heterocycles. The van der Waals surface area contributed by atoms with Gasteiger partial charge in [0, 0.05) is 0 Å². The summed E-state index contributed by atoms with van der Waals surface area (Å²) in [5, 5.41) is 0. The van der Waals surface area contributed by atoms with E-state index >= 15 is 0 Å². The van der Waals surface area contributed by atoms with Crippen LogP contribution < -0.4 is 5.73 Å². The maximum Gasteiger partial charge on any atom is 0.221 e. The normalized spacial score (nSPS) is 14.9. The lowest BCUT2D eigenvalue weighted by atomic mass is 9.87. The summed E-state index contributed by atoms with van der Waals surface area (Å²) in [6.07, 6.45) is 5.17. The van der Waals surface area contributed by atoms with E-state index in [1.807, 2.05) is 12.1 Å². The molecule has 2 nitrogen and oxygen atoms in total. The third-order valence-corrected chi connectivity index (χ3v) is 2.86. The van der Waals surface area contributed by atoms with Gasteiger partial charge in [-0.05, 0) is 42.4 Å². The monoisotopic (exact) mass is 189 g/mol. The van der Waals surface area contributed by atoms with Gasteiger partial charge in [-0.25, -0.2) is 0 Å². The highest BCUT2D eigenvalue weighted by atomic mass is 16.1. The number of benzene rings is 1. The number of aryl methyl sites for hydroxylation is 1. The van der Waals surface area contributed by atoms with Crippen molar-refractivity contribution in [3.05, 3.63) is 34.9 Å². The second kappa shape index (κ2) is 3.82. The summed E-state index contributed by atoms with van der Waals surface area (Å²) in [5.41, 5.74) is 9.14. The molecule has 0 radical (unpaired) electrons. The van der Waals surface area contributed by atoms with Gasteiger partial charge in [0.25, 0.3) is 0 Å². The van der Waals surface area contributed by atoms with E-state index in [1.165, 1.54) is 24.0 Å². The van der Waals surface area contributed by atoms with Gasteiger partial charge < -0.3 is 5.73 Å². The molecule has 14 heavy (non-hydrogen) atoms. The minimum absolute atomic E-state index is 0.232. The van der Waals surface area contributed by atoms with Crippen LogP contribution in [0.1, 0.15) is 29.5 Å². The first-order chi connectivity index (χ1) is 6.77. The van der Waals surface area contributed by atoms with Crippen molar-refractivity contribution in [2.24, 2.45) is 5.73 Å². The Bertz CT molecular complexity index is 357. The van der Waals surface area contributed by atoms with Crippen LogP contribution in [0.3, 0.4) is 0 Å². The number of hydrogen-bond donors (Lipinski definition) is 1. The Morgan fingerprint density at radius 1 is 1.29 bits per heavy atom. The van der Waals surface area contributed by atoms with Crippen LogP contribution in [0.15, 0.2) is 18.2 Å². The molecular weight excluding hydrogens is 174 g/mol. The van der Waals surface area contributed by atoms with Crippen LogP contribution in [0.25, 0.3) is 0 Å². The van der Waals surface area contributed by atoms with Gasteiger partial charge in [0.2, 0.25) is 5.91 Å². The van der Waals surface area contributed by atoms with Crippen LogP contribution in [-0.4, -0.2) is 5.91 Å². The molecule has 1 aromatic rings. The van der Waals surface area contributed by atoms with Gasteiger partial charge in [-0.1, -0.05) is 18.2 Å². The quantitative estimate of drug-likeness (QED) is 0.754. The number of nitrogens with two attached hydrogens (primary N) is 1. The number of rotatable bonds is 2. The van der Waals surface area contributed by atoms with Gasteiger partial charge in [0.1, 0.15) is 0 Å². The molecule has 0 heterocycles. The third-order valence-electron chi connectivity index (χ3n) is 2.86. The molecule has 2 N–H and O–H groups in total. The Balaban J connectivity index is 2.35. The van der Waals surface area contributed by atoms with E-state index in [4.69, 9.17) is 5.73 Å². The molecule has 1 aliphatic carbocycles. The zero-order valence-electron chi connectivity index (χ0n) is 8.25. The zero-order valence-corrected chi connectivity index (χ0v) is 8.25. The SMILES string of the molecule is NC(=O)Cc1cccc2c1CCCC2. The fourth-order valence-corrected chi connectivity index (χ4v) is 2.21. The highest BCUT2D eigenvalue weighted by molar-refractivity contribution is 5.77. The smallest absolute Gasteiger partial charge is 0.221 e. The first-order valence-electron chi connectivity index (χ1n) is 5.15. The van der Waals surface area contributed by atoms with E-state index in [0.29, 0.717) is 6.42 Å². The highest BCUT2D eigenvalue weighted by Gasteiger charge is 2.13. The molecule has 0 aromatic heterocycles. The van der Waals surface area contributed by atoms with Gasteiger partial charge in [-0.15, -0.1) is 0 Å². The van der Waals surface area contributed by atoms with E-state index < -0.39 is 0 Å². The zero-order chi connectivity index (χ0) is 9.97. The maximum atomic E-state index is 10.9. The molecule has 0 bridgehead atoms. The average molecular weight is 189 g/mol. The standard InChI is InChI=1S/C12H15NO/c13-12(14)8-10-6-3-5-9-4-1-2-7-11(9)10/h3,5-6H,1-2,4,7-8H2,(H2,13,14). The molecule has 0 atom stereocenters. The van der Waals surface area contributed by atoms with Crippen molar-refractivity contribution in [2.45, 2.75) is 32.1 Å². The van der Waals surface area contributed by atoms with Crippen LogP contribution in [0, 0.1) is 0 Å². The van der Waals surface area contributed by atoms with Gasteiger partial charge in [0.15, 0.2) is 0 Å². The van der Waals surface area contributed by atoms with Gasteiger partial charge in [-0.3, -0.25) is 4.79 Å². The lowest BCUT2D eigenvalue weighted by Gasteiger charge is -2.18. The van der Waals surface area contributed by atoms with E-state index in [-0.39, 0.29) is 5.91 Å². The predicted octanol–water partition coefficient (Wildman–Crippen LogP) is 1.59. The number of primary amides is 1. The summed E-state index contributed by atoms with van der Waals surface area (Å²) in [7, 11) is 0. The lowest BCUT2D eigenvalue weighted by Crippen LogP contribution is -2.16. The molecule has 0 spiro atoms. The first-order valence-corrected chi connectivity index (χ1v) is 5.15. The molecule has 1 aromatic carbocycles. The molecule has 0 unspecified atom stereocenters. The minimum Gasteiger partial charge on any atom is -0.369 e. The molecule has 74 valence electrons. The van der Waals surface area contributed by atoms with Crippen LogP contribution >= 0.6 is 0 Å². The van der Waals surface area contributed by atoms with Crippen LogP contribution in [0.2, 0.25) is 0 Å². The first kappa shape index (κ1) is 9.25. The second-order valence-electron chi connectivity index (χ2n) is 3.91. The topological polar surface area (TPSA) is 43.1 Å². The van der Waals surface area contributed by atoms with Gasteiger partial charge in [-0.2, -0.15) is 0 Å². The fraction of sp³-hybridized carbons (Fsp3) is 0.417. The van der Waals surface area contributed by atoms with Crippen molar-refractivity contribution in [3.8, 4) is 0 Å². The number of fused-ring (bicyclic) bond motifs is 1. The van der Waals surface area contributed by atoms with E-state index in [2.05, 4.69) is 6.07 Å². The van der Waals surface area contributed by atoms with Gasteiger partial charge >= 0.3 is 0 Å². The molecular formula is C12H15NO.